The minimum absolute atomic E-state index is 0.00540. The Kier molecular flexibility index (Phi) is 3.23. The van der Waals surface area contributed by atoms with E-state index in [-0.39, 0.29) is 5.75 Å². The topological polar surface area (TPSA) is 63.3 Å². The monoisotopic (exact) mass is 177 g/mol. The highest BCUT2D eigenvalue weighted by Crippen LogP contribution is 2.19. The van der Waals surface area contributed by atoms with Crippen LogP contribution in [0.15, 0.2) is 24.3 Å². The lowest BCUT2D eigenvalue weighted by atomic mass is 10.1. The zero-order valence-corrected chi connectivity index (χ0v) is 7.10. The van der Waals surface area contributed by atoms with E-state index in [4.69, 9.17) is 5.73 Å². The molecule has 0 aliphatic rings. The van der Waals surface area contributed by atoms with Crippen LogP contribution in [-0.2, 0) is 0 Å². The van der Waals surface area contributed by atoms with Crippen molar-refractivity contribution in [3.05, 3.63) is 35.4 Å². The van der Waals surface area contributed by atoms with Gasteiger partial charge in [-0.05, 0) is 11.6 Å². The summed E-state index contributed by atoms with van der Waals surface area (Å²) in [6.07, 6.45) is 4.07. The lowest BCUT2D eigenvalue weighted by Crippen LogP contribution is -1.93. The summed E-state index contributed by atoms with van der Waals surface area (Å²) in [5, 5.41) is 9.29. The number of phenolic OH excluding ortho intramolecular Hbond substituents is 1. The van der Waals surface area contributed by atoms with Gasteiger partial charge in [-0.1, -0.05) is 24.3 Å². The van der Waals surface area contributed by atoms with E-state index < -0.39 is 0 Å². The van der Waals surface area contributed by atoms with Crippen molar-refractivity contribution in [2.45, 2.75) is 0 Å². The van der Waals surface area contributed by atoms with E-state index in [9.17, 15) is 9.90 Å². The lowest BCUT2D eigenvalue weighted by molar-refractivity contribution is 0.112. The van der Waals surface area contributed by atoms with Crippen LogP contribution >= 0.6 is 0 Å². The number of aldehydes is 1. The number of carbonyl (C=O) groups excluding carboxylic acids is 1. The average Bonchev–Trinajstić information content (AvgIpc) is 2.15. The zero-order valence-electron chi connectivity index (χ0n) is 7.10. The molecule has 0 aliphatic carbocycles. The molecule has 1 rings (SSSR count). The van der Waals surface area contributed by atoms with Crippen molar-refractivity contribution < 1.29 is 9.90 Å². The van der Waals surface area contributed by atoms with Gasteiger partial charge in [0.2, 0.25) is 0 Å². The van der Waals surface area contributed by atoms with Gasteiger partial charge in [-0.25, -0.2) is 0 Å². The fourth-order valence-electron chi connectivity index (χ4n) is 1.04. The van der Waals surface area contributed by atoms with Crippen LogP contribution in [0.25, 0.3) is 6.08 Å². The van der Waals surface area contributed by atoms with Crippen LogP contribution < -0.4 is 5.73 Å². The smallest absolute Gasteiger partial charge is 0.154 e. The van der Waals surface area contributed by atoms with Crippen LogP contribution in [0.4, 0.5) is 0 Å². The molecule has 0 aromatic heterocycles. The predicted molar refractivity (Wildman–Crippen MR) is 51.6 cm³/mol. The molecule has 3 nitrogen and oxygen atoms in total. The van der Waals surface area contributed by atoms with E-state index in [1.807, 2.05) is 0 Å². The van der Waals surface area contributed by atoms with Crippen molar-refractivity contribution in [1.82, 2.24) is 0 Å². The summed E-state index contributed by atoms with van der Waals surface area (Å²) >= 11 is 0. The van der Waals surface area contributed by atoms with Crippen LogP contribution in [0.3, 0.4) is 0 Å². The zero-order chi connectivity index (χ0) is 9.68. The van der Waals surface area contributed by atoms with E-state index in [0.29, 0.717) is 24.0 Å². The fraction of sp³-hybridized carbons (Fsp3) is 0.100. The average molecular weight is 177 g/mol. The number of hydrogen-bond acceptors (Lipinski definition) is 3. The molecule has 0 heterocycles. The molecule has 1 aromatic rings. The third-order valence-electron chi connectivity index (χ3n) is 1.67. The minimum Gasteiger partial charge on any atom is -0.507 e. The molecule has 0 radical (unpaired) electrons. The van der Waals surface area contributed by atoms with Gasteiger partial charge in [0.1, 0.15) is 5.75 Å². The van der Waals surface area contributed by atoms with Crippen molar-refractivity contribution in [3.8, 4) is 5.75 Å². The number of hydrogen-bond donors (Lipinski definition) is 2. The molecule has 0 saturated carbocycles. The van der Waals surface area contributed by atoms with Crippen molar-refractivity contribution in [1.29, 1.82) is 0 Å². The van der Waals surface area contributed by atoms with E-state index in [0.717, 1.165) is 0 Å². The highest BCUT2D eigenvalue weighted by Gasteiger charge is 2.02. The number of phenols is 1. The second-order valence-electron chi connectivity index (χ2n) is 2.54. The normalized spacial score (nSPS) is 10.5. The van der Waals surface area contributed by atoms with Crippen LogP contribution in [0.1, 0.15) is 15.9 Å². The Bertz CT molecular complexity index is 332. The Hall–Kier alpha value is -1.61. The summed E-state index contributed by atoms with van der Waals surface area (Å²) in [4.78, 5) is 10.6. The van der Waals surface area contributed by atoms with Crippen LogP contribution in [0.2, 0.25) is 0 Å². The van der Waals surface area contributed by atoms with E-state index in [1.54, 1.807) is 24.3 Å². The quantitative estimate of drug-likeness (QED) is 0.681. The summed E-state index contributed by atoms with van der Waals surface area (Å²) in [6.45, 7) is 0.411. The van der Waals surface area contributed by atoms with E-state index in [1.165, 1.54) is 6.07 Å². The minimum atomic E-state index is -0.00540. The molecular formula is C10H11NO2. The van der Waals surface area contributed by atoms with Crippen molar-refractivity contribution in [2.24, 2.45) is 5.73 Å². The number of nitrogens with two attached hydrogens (primary N) is 1. The molecule has 0 aliphatic heterocycles. The first kappa shape index (κ1) is 9.48. The van der Waals surface area contributed by atoms with Gasteiger partial charge in [-0.3, -0.25) is 4.79 Å². The summed E-state index contributed by atoms with van der Waals surface area (Å²) in [7, 11) is 0. The van der Waals surface area contributed by atoms with Crippen LogP contribution in [0, 0.1) is 0 Å². The molecule has 0 unspecified atom stereocenters. The molecule has 0 saturated heterocycles. The number of rotatable bonds is 3. The summed E-state index contributed by atoms with van der Waals surface area (Å²) in [6, 6.07) is 4.90. The fourth-order valence-corrected chi connectivity index (χ4v) is 1.04. The second kappa shape index (κ2) is 4.42. The molecule has 0 bridgehead atoms. The van der Waals surface area contributed by atoms with Gasteiger partial charge in [-0.15, -0.1) is 0 Å². The van der Waals surface area contributed by atoms with Crippen LogP contribution in [-0.4, -0.2) is 17.9 Å². The third kappa shape index (κ3) is 2.16. The summed E-state index contributed by atoms with van der Waals surface area (Å²) < 4.78 is 0. The molecule has 0 fully saturated rings. The Morgan fingerprint density at radius 2 is 2.23 bits per heavy atom. The molecule has 13 heavy (non-hydrogen) atoms. The van der Waals surface area contributed by atoms with Gasteiger partial charge < -0.3 is 10.8 Å². The third-order valence-corrected chi connectivity index (χ3v) is 1.67. The van der Waals surface area contributed by atoms with Gasteiger partial charge in [0.25, 0.3) is 0 Å². The maximum atomic E-state index is 10.6. The highest BCUT2D eigenvalue weighted by atomic mass is 16.3. The first-order valence-electron chi connectivity index (χ1n) is 3.93. The van der Waals surface area contributed by atoms with E-state index >= 15 is 0 Å². The van der Waals surface area contributed by atoms with Gasteiger partial charge >= 0.3 is 0 Å². The highest BCUT2D eigenvalue weighted by molar-refractivity contribution is 5.85. The first-order valence-corrected chi connectivity index (χ1v) is 3.93. The lowest BCUT2D eigenvalue weighted by Gasteiger charge is -2.00. The molecule has 3 heteroatoms. The maximum absolute atomic E-state index is 10.6. The molecule has 68 valence electrons. The van der Waals surface area contributed by atoms with Gasteiger partial charge in [-0.2, -0.15) is 0 Å². The van der Waals surface area contributed by atoms with Crippen molar-refractivity contribution in [2.75, 3.05) is 6.54 Å². The number of benzene rings is 1. The molecule has 1 aromatic carbocycles. The van der Waals surface area contributed by atoms with Crippen LogP contribution in [0.5, 0.6) is 5.75 Å². The predicted octanol–water partition coefficient (Wildman–Crippen LogP) is 1.18. The number of carbonyl (C=O) groups is 1. The molecule has 3 N–H and O–H groups in total. The molecule has 0 spiro atoms. The Morgan fingerprint density at radius 1 is 1.46 bits per heavy atom. The molecule has 0 atom stereocenters. The summed E-state index contributed by atoms with van der Waals surface area (Å²) in [5.41, 5.74) is 6.25. The number of aromatic hydroxyl groups is 1. The van der Waals surface area contributed by atoms with Crippen molar-refractivity contribution >= 4 is 12.4 Å². The Labute approximate surface area is 76.5 Å². The molecule has 0 amide bonds. The van der Waals surface area contributed by atoms with E-state index in [2.05, 4.69) is 0 Å². The van der Waals surface area contributed by atoms with Gasteiger partial charge in [0.05, 0.1) is 5.56 Å². The largest absolute Gasteiger partial charge is 0.507 e. The first-order chi connectivity index (χ1) is 6.29. The maximum Gasteiger partial charge on any atom is 0.154 e. The second-order valence-corrected chi connectivity index (χ2v) is 2.54. The summed E-state index contributed by atoms with van der Waals surface area (Å²) in [5.74, 6) is -0.00540. The standard InChI is InChI=1S/C10H11NO2/c11-6-2-4-8-3-1-5-10(13)9(8)7-12/h1-5,7,13H,6,11H2. The van der Waals surface area contributed by atoms with Gasteiger partial charge in [0, 0.05) is 6.54 Å². The van der Waals surface area contributed by atoms with Crippen molar-refractivity contribution in [3.63, 3.8) is 0 Å². The SMILES string of the molecule is NCC=Cc1cccc(O)c1C=O. The molecular weight excluding hydrogens is 166 g/mol. The van der Waals surface area contributed by atoms with Gasteiger partial charge in [0.15, 0.2) is 6.29 Å². The Balaban J connectivity index is 3.12. The Morgan fingerprint density at radius 3 is 2.85 bits per heavy atom.